The topological polar surface area (TPSA) is 125 Å². The fourth-order valence-corrected chi connectivity index (χ4v) is 4.63. The van der Waals surface area contributed by atoms with Gasteiger partial charge in [-0.05, 0) is 36.8 Å². The van der Waals surface area contributed by atoms with Crippen LogP contribution in [-0.2, 0) is 25.9 Å². The number of aryl methyl sites for hydroxylation is 1. The van der Waals surface area contributed by atoms with Gasteiger partial charge in [0.2, 0.25) is 21.7 Å². The third-order valence-electron chi connectivity index (χ3n) is 4.92. The molecule has 10 nitrogen and oxygen atoms in total. The molecule has 0 aliphatic carbocycles. The number of hydrogen-bond donors (Lipinski definition) is 0. The van der Waals surface area contributed by atoms with Crippen LogP contribution in [0.5, 0.6) is 0 Å². The van der Waals surface area contributed by atoms with Gasteiger partial charge in [-0.25, -0.2) is 17.6 Å². The SMILES string of the molecule is O=C(OCCCc1nc(-c2cccnc2)no1)c1cc(S(=O)(=O)N2CCOCC2)ccc1F. The molecular weight excluding hydrogens is 455 g/mol. The first-order valence-electron chi connectivity index (χ1n) is 10.2. The summed E-state index contributed by atoms with van der Waals surface area (Å²) in [6.45, 7) is 0.900. The molecule has 12 heteroatoms. The quantitative estimate of drug-likeness (QED) is 0.355. The van der Waals surface area contributed by atoms with E-state index in [0.29, 0.717) is 30.1 Å². The molecule has 0 saturated carbocycles. The Balaban J connectivity index is 1.34. The van der Waals surface area contributed by atoms with Crippen molar-refractivity contribution in [1.29, 1.82) is 0 Å². The minimum atomic E-state index is -3.87. The molecule has 4 rings (SSSR count). The largest absolute Gasteiger partial charge is 0.462 e. The van der Waals surface area contributed by atoms with Crippen LogP contribution in [0, 0.1) is 5.82 Å². The summed E-state index contributed by atoms with van der Waals surface area (Å²) in [4.78, 5) is 20.4. The fourth-order valence-electron chi connectivity index (χ4n) is 3.19. The fraction of sp³-hybridized carbons (Fsp3) is 0.333. The third kappa shape index (κ3) is 5.41. The van der Waals surface area contributed by atoms with Gasteiger partial charge in [0.15, 0.2) is 0 Å². The molecule has 1 aromatic carbocycles. The zero-order chi connectivity index (χ0) is 23.3. The summed E-state index contributed by atoms with van der Waals surface area (Å²) in [7, 11) is -3.87. The average Bonchev–Trinajstić information content (AvgIpc) is 3.32. The number of rotatable bonds is 8. The second kappa shape index (κ2) is 10.1. The Morgan fingerprint density at radius 3 is 2.79 bits per heavy atom. The lowest BCUT2D eigenvalue weighted by atomic mass is 10.2. The summed E-state index contributed by atoms with van der Waals surface area (Å²) in [6.07, 6.45) is 3.94. The number of halogens is 1. The summed E-state index contributed by atoms with van der Waals surface area (Å²) in [5, 5.41) is 3.88. The van der Waals surface area contributed by atoms with Crippen LogP contribution >= 0.6 is 0 Å². The first-order valence-corrected chi connectivity index (χ1v) is 11.7. The molecule has 0 bridgehead atoms. The van der Waals surface area contributed by atoms with E-state index in [0.717, 1.165) is 18.2 Å². The Kier molecular flexibility index (Phi) is 7.06. The molecule has 0 atom stereocenters. The van der Waals surface area contributed by atoms with E-state index in [9.17, 15) is 17.6 Å². The minimum Gasteiger partial charge on any atom is -0.462 e. The smallest absolute Gasteiger partial charge is 0.341 e. The van der Waals surface area contributed by atoms with E-state index in [4.69, 9.17) is 14.0 Å². The van der Waals surface area contributed by atoms with E-state index in [1.165, 1.54) is 4.31 Å². The molecule has 3 aromatic rings. The molecule has 0 unspecified atom stereocenters. The van der Waals surface area contributed by atoms with Crippen LogP contribution in [0.3, 0.4) is 0 Å². The Morgan fingerprint density at radius 1 is 1.21 bits per heavy atom. The van der Waals surface area contributed by atoms with Crippen molar-refractivity contribution in [2.75, 3.05) is 32.9 Å². The second-order valence-electron chi connectivity index (χ2n) is 7.15. The lowest BCUT2D eigenvalue weighted by Gasteiger charge is -2.26. The van der Waals surface area contributed by atoms with Gasteiger partial charge in [-0.3, -0.25) is 4.98 Å². The highest BCUT2D eigenvalue weighted by Crippen LogP contribution is 2.21. The van der Waals surface area contributed by atoms with Crippen molar-refractivity contribution in [3.63, 3.8) is 0 Å². The third-order valence-corrected chi connectivity index (χ3v) is 6.82. The zero-order valence-electron chi connectivity index (χ0n) is 17.5. The van der Waals surface area contributed by atoms with E-state index in [1.54, 1.807) is 24.5 Å². The van der Waals surface area contributed by atoms with Crippen LogP contribution in [0.15, 0.2) is 52.1 Å². The Bertz CT molecular complexity index is 1210. The van der Waals surface area contributed by atoms with E-state index in [-0.39, 0.29) is 37.8 Å². The molecule has 3 heterocycles. The molecule has 0 amide bonds. The normalized spacial score (nSPS) is 14.8. The van der Waals surface area contributed by atoms with Crippen LogP contribution < -0.4 is 0 Å². The highest BCUT2D eigenvalue weighted by Gasteiger charge is 2.28. The Labute approximate surface area is 189 Å². The van der Waals surface area contributed by atoms with Crippen molar-refractivity contribution in [2.45, 2.75) is 17.7 Å². The molecule has 33 heavy (non-hydrogen) atoms. The van der Waals surface area contributed by atoms with Crippen molar-refractivity contribution in [3.8, 4) is 11.4 Å². The molecule has 1 aliphatic heterocycles. The molecule has 1 saturated heterocycles. The molecule has 1 fully saturated rings. The highest BCUT2D eigenvalue weighted by atomic mass is 32.2. The Hall–Kier alpha value is -3.22. The maximum Gasteiger partial charge on any atom is 0.341 e. The summed E-state index contributed by atoms with van der Waals surface area (Å²) in [5.41, 5.74) is 0.266. The van der Waals surface area contributed by atoms with Gasteiger partial charge in [-0.15, -0.1) is 0 Å². The molecular formula is C21H21FN4O6S. The zero-order valence-corrected chi connectivity index (χ0v) is 18.3. The Morgan fingerprint density at radius 2 is 2.03 bits per heavy atom. The van der Waals surface area contributed by atoms with Gasteiger partial charge in [0.05, 0.1) is 30.3 Å². The van der Waals surface area contributed by atoms with E-state index < -0.39 is 27.4 Å². The van der Waals surface area contributed by atoms with Crippen molar-refractivity contribution >= 4 is 16.0 Å². The molecule has 2 aromatic heterocycles. The summed E-state index contributed by atoms with van der Waals surface area (Å²) < 4.78 is 56.5. The van der Waals surface area contributed by atoms with Crippen LogP contribution in [0.1, 0.15) is 22.7 Å². The van der Waals surface area contributed by atoms with Gasteiger partial charge in [0, 0.05) is 37.5 Å². The number of esters is 1. The van der Waals surface area contributed by atoms with Crippen LogP contribution in [-0.4, -0.2) is 66.7 Å². The minimum absolute atomic E-state index is 0.0384. The maximum atomic E-state index is 14.2. The van der Waals surface area contributed by atoms with Gasteiger partial charge < -0.3 is 14.0 Å². The van der Waals surface area contributed by atoms with Crippen molar-refractivity contribution in [1.82, 2.24) is 19.4 Å². The lowest BCUT2D eigenvalue weighted by Crippen LogP contribution is -2.40. The second-order valence-corrected chi connectivity index (χ2v) is 9.09. The van der Waals surface area contributed by atoms with Gasteiger partial charge in [0.1, 0.15) is 5.82 Å². The van der Waals surface area contributed by atoms with Gasteiger partial charge in [-0.1, -0.05) is 5.16 Å². The molecule has 1 aliphatic rings. The first kappa shape index (κ1) is 23.0. The number of nitrogens with zero attached hydrogens (tertiary/aromatic N) is 4. The van der Waals surface area contributed by atoms with Crippen LogP contribution in [0.4, 0.5) is 4.39 Å². The highest BCUT2D eigenvalue weighted by molar-refractivity contribution is 7.89. The van der Waals surface area contributed by atoms with Crippen LogP contribution in [0.2, 0.25) is 0 Å². The van der Waals surface area contributed by atoms with E-state index in [2.05, 4.69) is 15.1 Å². The molecule has 174 valence electrons. The number of morpholine rings is 1. The van der Waals surface area contributed by atoms with E-state index in [1.807, 2.05) is 0 Å². The summed E-state index contributed by atoms with van der Waals surface area (Å²) in [6, 6.07) is 6.63. The molecule has 0 radical (unpaired) electrons. The lowest BCUT2D eigenvalue weighted by molar-refractivity contribution is 0.0492. The summed E-state index contributed by atoms with van der Waals surface area (Å²) >= 11 is 0. The number of hydrogen-bond acceptors (Lipinski definition) is 9. The predicted octanol–water partition coefficient (Wildman–Crippen LogP) is 2.08. The van der Waals surface area contributed by atoms with Gasteiger partial charge in [0.25, 0.3) is 0 Å². The number of carbonyl (C=O) groups excluding carboxylic acids is 1. The standard InChI is InChI=1S/C21H21FN4O6S/c22-18-6-5-16(33(28,29)26-8-11-30-12-9-26)13-17(18)21(27)31-10-2-4-19-24-20(25-32-19)15-3-1-7-23-14-15/h1,3,5-7,13-14H,2,4,8-12H2. The number of sulfonamides is 1. The molecule has 0 N–H and O–H groups in total. The number of benzene rings is 1. The predicted molar refractivity (Wildman–Crippen MR) is 112 cm³/mol. The van der Waals surface area contributed by atoms with Crippen molar-refractivity contribution < 1.29 is 31.6 Å². The maximum absolute atomic E-state index is 14.2. The first-order chi connectivity index (χ1) is 15.9. The summed E-state index contributed by atoms with van der Waals surface area (Å²) in [5.74, 6) is -1.06. The van der Waals surface area contributed by atoms with E-state index >= 15 is 0 Å². The van der Waals surface area contributed by atoms with Gasteiger partial charge in [-0.2, -0.15) is 9.29 Å². The van der Waals surface area contributed by atoms with Crippen molar-refractivity contribution in [3.05, 3.63) is 60.0 Å². The number of ether oxygens (including phenoxy) is 2. The number of carbonyl (C=O) groups is 1. The van der Waals surface area contributed by atoms with Crippen molar-refractivity contribution in [2.24, 2.45) is 0 Å². The molecule has 0 spiro atoms. The van der Waals surface area contributed by atoms with Crippen LogP contribution in [0.25, 0.3) is 11.4 Å². The number of aromatic nitrogens is 3. The monoisotopic (exact) mass is 476 g/mol. The number of pyridine rings is 1. The average molecular weight is 476 g/mol. The van der Waals surface area contributed by atoms with Gasteiger partial charge >= 0.3 is 5.97 Å².